The number of Topliss-reactive ketones (excluding diaryl/α,β-unsaturated/α-hetero) is 1. The molecule has 0 amide bonds. The zero-order valence-electron chi connectivity index (χ0n) is 12.3. The van der Waals surface area contributed by atoms with Gasteiger partial charge in [-0.25, -0.2) is 0 Å². The molecule has 0 bridgehead atoms. The first-order valence-electron chi connectivity index (χ1n) is 6.99. The third kappa shape index (κ3) is 2.16. The molecule has 0 unspecified atom stereocenters. The number of hydrogen-bond donors (Lipinski definition) is 1. The highest BCUT2D eigenvalue weighted by molar-refractivity contribution is 6.14. The maximum Gasteiger partial charge on any atom is 0.306 e. The normalized spacial score (nSPS) is 25.6. The molecule has 0 aromatic heterocycles. The molecule has 2 aliphatic heterocycles. The van der Waals surface area contributed by atoms with E-state index in [0.29, 0.717) is 22.6 Å². The van der Waals surface area contributed by atoms with Crippen molar-refractivity contribution in [2.45, 2.75) is 19.4 Å². The van der Waals surface area contributed by atoms with Crippen molar-refractivity contribution in [1.82, 2.24) is 0 Å². The molecule has 2 atom stereocenters. The average molecular weight is 304 g/mol. The highest BCUT2D eigenvalue weighted by atomic mass is 16.6. The second-order valence-electron chi connectivity index (χ2n) is 5.37. The minimum absolute atomic E-state index is 0.0218. The number of ether oxygens (including phenoxy) is 3. The molecule has 2 heterocycles. The molecule has 22 heavy (non-hydrogen) atoms. The van der Waals surface area contributed by atoms with Crippen molar-refractivity contribution in [2.24, 2.45) is 5.92 Å². The van der Waals surface area contributed by atoms with Crippen molar-refractivity contribution in [2.75, 3.05) is 13.7 Å². The summed E-state index contributed by atoms with van der Waals surface area (Å²) in [7, 11) is 1.47. The van der Waals surface area contributed by atoms with Gasteiger partial charge >= 0.3 is 5.97 Å². The zero-order chi connectivity index (χ0) is 15.9. The van der Waals surface area contributed by atoms with Gasteiger partial charge in [0.2, 0.25) is 5.78 Å². The molecule has 1 N–H and O–H groups in total. The van der Waals surface area contributed by atoms with Gasteiger partial charge in [0.05, 0.1) is 20.1 Å². The van der Waals surface area contributed by atoms with Crippen LogP contribution < -0.4 is 9.47 Å². The second-order valence-corrected chi connectivity index (χ2v) is 5.37. The number of esters is 1. The van der Waals surface area contributed by atoms with Gasteiger partial charge in [0.15, 0.2) is 5.76 Å². The Morgan fingerprint density at radius 3 is 2.77 bits per heavy atom. The number of fused-ring (bicyclic) bond motifs is 1. The van der Waals surface area contributed by atoms with Crippen LogP contribution in [0.15, 0.2) is 29.5 Å². The predicted octanol–water partition coefficient (Wildman–Crippen LogP) is 1.47. The first kappa shape index (κ1) is 14.6. The molecule has 1 fully saturated rings. The van der Waals surface area contributed by atoms with Gasteiger partial charge in [0.25, 0.3) is 0 Å². The lowest BCUT2D eigenvalue weighted by Gasteiger charge is -2.17. The van der Waals surface area contributed by atoms with E-state index in [4.69, 9.17) is 14.2 Å². The van der Waals surface area contributed by atoms with E-state index >= 15 is 0 Å². The van der Waals surface area contributed by atoms with Gasteiger partial charge in [0.1, 0.15) is 23.2 Å². The summed E-state index contributed by atoms with van der Waals surface area (Å²) < 4.78 is 16.0. The van der Waals surface area contributed by atoms with E-state index in [1.54, 1.807) is 18.2 Å². The molecule has 116 valence electrons. The molecular weight excluding hydrogens is 288 g/mol. The highest BCUT2D eigenvalue weighted by Crippen LogP contribution is 2.40. The molecule has 0 saturated carbocycles. The standard InChI is InChI=1S/C16H16O6/c1-8-6-12(18)22-15(8)9(7-17)16-14(19)13-10(20-2)4-3-5-11(13)21-16/h3-5,8,15,17H,6-7H2,1-2H3/b16-9+/t8-,15+/m1/s1. The number of methoxy groups -OCH3 is 1. The van der Waals surface area contributed by atoms with Crippen LogP contribution in [0.1, 0.15) is 23.7 Å². The first-order chi connectivity index (χ1) is 10.6. The van der Waals surface area contributed by atoms with Gasteiger partial charge in [-0.15, -0.1) is 0 Å². The van der Waals surface area contributed by atoms with Gasteiger partial charge < -0.3 is 19.3 Å². The number of carbonyl (C=O) groups is 2. The van der Waals surface area contributed by atoms with Crippen molar-refractivity contribution in [3.05, 3.63) is 35.1 Å². The van der Waals surface area contributed by atoms with Crippen LogP contribution in [-0.4, -0.2) is 36.7 Å². The Morgan fingerprint density at radius 2 is 2.18 bits per heavy atom. The number of allylic oxidation sites excluding steroid dienone is 1. The van der Waals surface area contributed by atoms with Gasteiger partial charge in [-0.05, 0) is 12.1 Å². The molecule has 1 saturated heterocycles. The van der Waals surface area contributed by atoms with E-state index < -0.39 is 12.7 Å². The molecule has 0 radical (unpaired) electrons. The zero-order valence-corrected chi connectivity index (χ0v) is 12.3. The molecule has 1 aromatic carbocycles. The van der Waals surface area contributed by atoms with Crippen LogP contribution in [0.2, 0.25) is 0 Å². The third-order valence-corrected chi connectivity index (χ3v) is 3.92. The summed E-state index contributed by atoms with van der Waals surface area (Å²) in [6.07, 6.45) is -0.386. The Kier molecular flexibility index (Phi) is 3.62. The van der Waals surface area contributed by atoms with Crippen LogP contribution in [0, 0.1) is 5.92 Å². The lowest BCUT2D eigenvalue weighted by Crippen LogP contribution is -2.23. The van der Waals surface area contributed by atoms with Gasteiger partial charge in [0, 0.05) is 11.5 Å². The summed E-state index contributed by atoms with van der Waals surface area (Å²) >= 11 is 0. The fourth-order valence-corrected chi connectivity index (χ4v) is 2.85. The first-order valence-corrected chi connectivity index (χ1v) is 6.99. The lowest BCUT2D eigenvalue weighted by molar-refractivity contribution is -0.140. The average Bonchev–Trinajstić information content (AvgIpc) is 3.01. The van der Waals surface area contributed by atoms with Crippen LogP contribution in [0.25, 0.3) is 0 Å². The van der Waals surface area contributed by atoms with Gasteiger partial charge in [-0.1, -0.05) is 13.0 Å². The Hall–Kier alpha value is -2.34. The summed E-state index contributed by atoms with van der Waals surface area (Å²) in [5, 5.41) is 9.66. The SMILES string of the molecule is COc1cccc2c1C(=O)/C(=C(/CO)[C@H]1OC(=O)C[C@H]1C)O2. The Morgan fingerprint density at radius 1 is 1.41 bits per heavy atom. The molecule has 6 nitrogen and oxygen atoms in total. The highest BCUT2D eigenvalue weighted by Gasteiger charge is 2.40. The topological polar surface area (TPSA) is 82.1 Å². The van der Waals surface area contributed by atoms with Crippen LogP contribution in [0.4, 0.5) is 0 Å². The van der Waals surface area contributed by atoms with Crippen molar-refractivity contribution < 1.29 is 28.9 Å². The molecule has 1 aromatic rings. The molecule has 0 aliphatic carbocycles. The number of benzene rings is 1. The van der Waals surface area contributed by atoms with Crippen LogP contribution in [-0.2, 0) is 9.53 Å². The number of hydrogen-bond acceptors (Lipinski definition) is 6. The van der Waals surface area contributed by atoms with Crippen molar-refractivity contribution in [3.63, 3.8) is 0 Å². The van der Waals surface area contributed by atoms with Crippen LogP contribution in [0.5, 0.6) is 11.5 Å². The van der Waals surface area contributed by atoms with Gasteiger partial charge in [-0.3, -0.25) is 9.59 Å². The van der Waals surface area contributed by atoms with Crippen molar-refractivity contribution in [3.8, 4) is 11.5 Å². The number of cyclic esters (lactones) is 1. The van der Waals surface area contributed by atoms with Gasteiger partial charge in [-0.2, -0.15) is 0 Å². The quantitative estimate of drug-likeness (QED) is 0.672. The number of carbonyl (C=O) groups excluding carboxylic acids is 2. The molecule has 6 heteroatoms. The third-order valence-electron chi connectivity index (χ3n) is 3.92. The maximum absolute atomic E-state index is 12.6. The van der Waals surface area contributed by atoms with E-state index in [1.165, 1.54) is 7.11 Å². The summed E-state index contributed by atoms with van der Waals surface area (Å²) in [4.78, 5) is 24.0. The second kappa shape index (κ2) is 5.46. The smallest absolute Gasteiger partial charge is 0.306 e. The molecular formula is C16H16O6. The summed E-state index contributed by atoms with van der Waals surface area (Å²) in [6.45, 7) is 1.42. The van der Waals surface area contributed by atoms with E-state index in [9.17, 15) is 14.7 Å². The van der Waals surface area contributed by atoms with E-state index in [-0.39, 0.29) is 29.9 Å². The van der Waals surface area contributed by atoms with Crippen molar-refractivity contribution in [1.29, 1.82) is 0 Å². The fraction of sp³-hybridized carbons (Fsp3) is 0.375. The van der Waals surface area contributed by atoms with Crippen LogP contribution >= 0.6 is 0 Å². The number of ketones is 1. The van der Waals surface area contributed by atoms with Crippen molar-refractivity contribution >= 4 is 11.8 Å². The van der Waals surface area contributed by atoms with E-state index in [2.05, 4.69) is 0 Å². The molecule has 3 rings (SSSR count). The summed E-state index contributed by atoms with van der Waals surface area (Å²) in [5.74, 6) is -0.0255. The minimum atomic E-state index is -0.642. The molecule has 0 spiro atoms. The summed E-state index contributed by atoms with van der Waals surface area (Å²) in [5.41, 5.74) is 0.615. The number of aliphatic hydroxyl groups excluding tert-OH is 1. The maximum atomic E-state index is 12.6. The summed E-state index contributed by atoms with van der Waals surface area (Å²) in [6, 6.07) is 5.03. The predicted molar refractivity (Wildman–Crippen MR) is 75.7 cm³/mol. The monoisotopic (exact) mass is 304 g/mol. The Labute approximate surface area is 127 Å². The molecule has 2 aliphatic rings. The largest absolute Gasteiger partial charge is 0.496 e. The lowest BCUT2D eigenvalue weighted by atomic mass is 9.95. The van der Waals surface area contributed by atoms with Crippen LogP contribution in [0.3, 0.4) is 0 Å². The van der Waals surface area contributed by atoms with E-state index in [0.717, 1.165) is 0 Å². The van der Waals surface area contributed by atoms with E-state index in [1.807, 2.05) is 6.92 Å². The fourth-order valence-electron chi connectivity index (χ4n) is 2.85. The number of aliphatic hydroxyl groups is 1. The number of rotatable bonds is 3. The Bertz CT molecular complexity index is 675. The minimum Gasteiger partial charge on any atom is -0.496 e. The Balaban J connectivity index is 2.05.